The molecular formula is C34H44N2O7. The van der Waals surface area contributed by atoms with E-state index in [9.17, 15) is 4.79 Å². The first-order chi connectivity index (χ1) is 21.2. The Bertz CT molecular complexity index is 1170. The summed E-state index contributed by atoms with van der Waals surface area (Å²) < 4.78 is 34.8. The number of amides is 2. The highest BCUT2D eigenvalue weighted by Crippen LogP contribution is 2.28. The van der Waals surface area contributed by atoms with E-state index < -0.39 is 18.2 Å². The zero-order chi connectivity index (χ0) is 30.1. The van der Waals surface area contributed by atoms with E-state index in [-0.39, 0.29) is 25.7 Å². The molecule has 0 aliphatic carbocycles. The van der Waals surface area contributed by atoms with Crippen molar-refractivity contribution in [2.45, 2.75) is 43.7 Å². The molecule has 0 bridgehead atoms. The van der Waals surface area contributed by atoms with Crippen molar-refractivity contribution >= 4 is 6.03 Å². The van der Waals surface area contributed by atoms with Gasteiger partial charge in [0.2, 0.25) is 0 Å². The van der Waals surface area contributed by atoms with E-state index in [4.69, 9.17) is 28.4 Å². The van der Waals surface area contributed by atoms with E-state index in [0.717, 1.165) is 16.7 Å². The summed E-state index contributed by atoms with van der Waals surface area (Å²) in [6.07, 6.45) is 0.0146. The number of benzene rings is 3. The van der Waals surface area contributed by atoms with Crippen LogP contribution in [0.1, 0.15) is 16.7 Å². The lowest BCUT2D eigenvalue weighted by Gasteiger charge is -2.37. The molecule has 1 N–H and O–H groups in total. The van der Waals surface area contributed by atoms with Crippen LogP contribution in [0.4, 0.5) is 4.79 Å². The maximum absolute atomic E-state index is 14.1. The number of rotatable bonds is 18. The van der Waals surface area contributed by atoms with E-state index in [2.05, 4.69) is 29.6 Å². The number of carbonyl (C=O) groups is 1. The first-order valence-electron chi connectivity index (χ1n) is 14.7. The van der Waals surface area contributed by atoms with Gasteiger partial charge in [0, 0.05) is 20.8 Å². The molecular weight excluding hydrogens is 548 g/mol. The molecule has 1 aliphatic heterocycles. The van der Waals surface area contributed by atoms with Crippen LogP contribution in [0.5, 0.6) is 0 Å². The highest BCUT2D eigenvalue weighted by molar-refractivity contribution is 5.76. The summed E-state index contributed by atoms with van der Waals surface area (Å²) in [5.41, 5.74) is 3.18. The normalized spacial score (nSPS) is 20.5. The molecule has 3 aromatic carbocycles. The third-order valence-corrected chi connectivity index (χ3v) is 7.40. The fraction of sp³-hybridized carbons (Fsp3) is 0.441. The third kappa shape index (κ3) is 10.4. The largest absolute Gasteiger partial charge is 0.382 e. The number of hydrogen-bond acceptors (Lipinski definition) is 7. The molecule has 9 nitrogen and oxygen atoms in total. The second kappa shape index (κ2) is 18.4. The van der Waals surface area contributed by atoms with Gasteiger partial charge in [-0.3, -0.25) is 0 Å². The second-order valence-corrected chi connectivity index (χ2v) is 10.4. The molecule has 2 amide bonds. The molecule has 0 aromatic heterocycles. The van der Waals surface area contributed by atoms with Crippen LogP contribution in [0.25, 0.3) is 0 Å². The number of ether oxygens (including phenoxy) is 6. The fourth-order valence-electron chi connectivity index (χ4n) is 5.26. The number of nitrogens with one attached hydrogen (secondary N) is 1. The molecule has 1 fully saturated rings. The molecule has 0 unspecified atom stereocenters. The topological polar surface area (TPSA) is 87.7 Å². The average Bonchev–Trinajstić information content (AvgIpc) is 3.13. The molecule has 232 valence electrons. The predicted octanol–water partition coefficient (Wildman–Crippen LogP) is 4.45. The molecule has 4 atom stereocenters. The Balaban J connectivity index is 1.71. The van der Waals surface area contributed by atoms with Crippen molar-refractivity contribution in [3.05, 3.63) is 108 Å². The van der Waals surface area contributed by atoms with Crippen LogP contribution in [0.3, 0.4) is 0 Å². The lowest BCUT2D eigenvalue weighted by Crippen LogP contribution is -2.53. The minimum atomic E-state index is -0.551. The molecule has 1 aliphatic rings. The summed E-state index contributed by atoms with van der Waals surface area (Å²) >= 11 is 0. The van der Waals surface area contributed by atoms with Gasteiger partial charge in [-0.25, -0.2) is 4.79 Å². The molecule has 0 spiro atoms. The first kappa shape index (κ1) is 32.6. The van der Waals surface area contributed by atoms with Gasteiger partial charge >= 0.3 is 6.03 Å². The highest BCUT2D eigenvalue weighted by Gasteiger charge is 2.45. The van der Waals surface area contributed by atoms with Crippen LogP contribution >= 0.6 is 0 Å². The second-order valence-electron chi connectivity index (χ2n) is 10.4. The number of hydrogen-bond donors (Lipinski definition) is 1. The Morgan fingerprint density at radius 2 is 1.12 bits per heavy atom. The van der Waals surface area contributed by atoms with Gasteiger partial charge < -0.3 is 38.6 Å². The SMILES string of the molecule is COCCOCO[C@@H]1[C@@H](OCOCCOC)[C@@H](Cc2ccccc2)NC(=O)N(Cc2ccccc2)[C@@H]1Cc1ccccc1. The fourth-order valence-corrected chi connectivity index (χ4v) is 5.26. The lowest BCUT2D eigenvalue weighted by atomic mass is 9.91. The summed E-state index contributed by atoms with van der Waals surface area (Å²) in [5, 5.41) is 3.30. The number of nitrogens with zero attached hydrogens (tertiary/aromatic N) is 1. The zero-order valence-corrected chi connectivity index (χ0v) is 25.1. The van der Waals surface area contributed by atoms with Crippen molar-refractivity contribution in [1.82, 2.24) is 10.2 Å². The number of carbonyl (C=O) groups excluding carboxylic acids is 1. The van der Waals surface area contributed by atoms with Crippen molar-refractivity contribution < 1.29 is 33.2 Å². The summed E-state index contributed by atoms with van der Waals surface area (Å²) in [5.74, 6) is 0. The van der Waals surface area contributed by atoms with Gasteiger partial charge in [-0.05, 0) is 29.5 Å². The van der Waals surface area contributed by atoms with E-state index in [1.165, 1.54) is 0 Å². The smallest absolute Gasteiger partial charge is 0.318 e. The van der Waals surface area contributed by atoms with E-state index >= 15 is 0 Å². The highest BCUT2D eigenvalue weighted by atomic mass is 16.7. The summed E-state index contributed by atoms with van der Waals surface area (Å²) in [6.45, 7) is 2.13. The molecule has 1 saturated heterocycles. The Morgan fingerprint density at radius 1 is 0.628 bits per heavy atom. The number of methoxy groups -OCH3 is 2. The Morgan fingerprint density at radius 3 is 1.65 bits per heavy atom. The lowest BCUT2D eigenvalue weighted by molar-refractivity contribution is -0.187. The van der Waals surface area contributed by atoms with Crippen LogP contribution in [0.15, 0.2) is 91.0 Å². The number of urea groups is 1. The first-order valence-corrected chi connectivity index (χ1v) is 14.7. The van der Waals surface area contributed by atoms with Gasteiger partial charge in [0.25, 0.3) is 0 Å². The van der Waals surface area contributed by atoms with Gasteiger partial charge in [0.15, 0.2) is 0 Å². The minimum absolute atomic E-state index is 0.0229. The molecule has 3 aromatic rings. The zero-order valence-electron chi connectivity index (χ0n) is 25.1. The average molecular weight is 593 g/mol. The van der Waals surface area contributed by atoms with Gasteiger partial charge in [0.05, 0.1) is 38.5 Å². The molecule has 1 heterocycles. The molecule has 9 heteroatoms. The third-order valence-electron chi connectivity index (χ3n) is 7.40. The minimum Gasteiger partial charge on any atom is -0.382 e. The maximum Gasteiger partial charge on any atom is 0.318 e. The summed E-state index contributed by atoms with van der Waals surface area (Å²) in [4.78, 5) is 16.0. The predicted molar refractivity (Wildman–Crippen MR) is 164 cm³/mol. The van der Waals surface area contributed by atoms with Crippen LogP contribution < -0.4 is 5.32 Å². The summed E-state index contributed by atoms with van der Waals surface area (Å²) in [7, 11) is 3.26. The van der Waals surface area contributed by atoms with Gasteiger partial charge in [0.1, 0.15) is 25.8 Å². The Kier molecular flexibility index (Phi) is 13.9. The van der Waals surface area contributed by atoms with Crippen LogP contribution in [0, 0.1) is 0 Å². The van der Waals surface area contributed by atoms with Crippen molar-refractivity contribution in [1.29, 1.82) is 0 Å². The van der Waals surface area contributed by atoms with Crippen molar-refractivity contribution in [3.63, 3.8) is 0 Å². The van der Waals surface area contributed by atoms with Crippen LogP contribution in [-0.4, -0.2) is 89.5 Å². The Hall–Kier alpha value is -3.31. The maximum atomic E-state index is 14.1. The van der Waals surface area contributed by atoms with Crippen molar-refractivity contribution in [2.75, 3.05) is 54.2 Å². The quantitative estimate of drug-likeness (QED) is 0.173. The van der Waals surface area contributed by atoms with Crippen molar-refractivity contribution in [2.24, 2.45) is 0 Å². The summed E-state index contributed by atoms with van der Waals surface area (Å²) in [6, 6.07) is 29.3. The Labute approximate surface area is 255 Å². The molecule has 43 heavy (non-hydrogen) atoms. The van der Waals surface area contributed by atoms with Gasteiger partial charge in [-0.2, -0.15) is 0 Å². The molecule has 4 rings (SSSR count). The van der Waals surface area contributed by atoms with Crippen molar-refractivity contribution in [3.8, 4) is 0 Å². The van der Waals surface area contributed by atoms with Gasteiger partial charge in [-0.1, -0.05) is 91.0 Å². The van der Waals surface area contributed by atoms with E-state index in [1.807, 2.05) is 71.6 Å². The van der Waals surface area contributed by atoms with Gasteiger partial charge in [-0.15, -0.1) is 0 Å². The molecule has 0 radical (unpaired) electrons. The van der Waals surface area contributed by atoms with Crippen LogP contribution in [0.2, 0.25) is 0 Å². The monoisotopic (exact) mass is 592 g/mol. The van der Waals surface area contributed by atoms with Crippen LogP contribution in [-0.2, 0) is 47.8 Å². The standard InChI is InChI=1S/C34H44N2O7/c1-38-18-20-40-25-42-32-30(22-27-12-6-3-7-13-27)35-34(37)36(24-29-16-10-5-11-17-29)31(23-28-14-8-4-9-15-28)33(32)43-26-41-21-19-39-2/h3-17,30-33H,18-26H2,1-2H3,(H,35,37)/t30-,31-,32+,33+/m1/s1. The van der Waals surface area contributed by atoms with E-state index in [0.29, 0.717) is 45.8 Å². The molecule has 0 saturated carbocycles. The van der Waals surface area contributed by atoms with E-state index in [1.54, 1.807) is 14.2 Å².